The normalized spacial score (nSPS) is 28.5. The Balaban J connectivity index is 0.00000320. The van der Waals surface area contributed by atoms with E-state index in [1.165, 1.54) is 24.3 Å². The number of ether oxygens (including phenoxy) is 3. The third-order valence-electron chi connectivity index (χ3n) is 6.36. The summed E-state index contributed by atoms with van der Waals surface area (Å²) in [7, 11) is 0. The molecule has 186 valence electrons. The van der Waals surface area contributed by atoms with Crippen LogP contribution in [0.3, 0.4) is 0 Å². The van der Waals surface area contributed by atoms with E-state index in [1.807, 2.05) is 0 Å². The zero-order chi connectivity index (χ0) is 25.6. The molecule has 6 atom stereocenters. The zero-order valence-corrected chi connectivity index (χ0v) is 21.6. The molecule has 1 saturated heterocycles. The molecule has 3 aromatic carbocycles. The van der Waals surface area contributed by atoms with E-state index in [2.05, 4.69) is 0 Å². The number of carbonyl (C=O) groups excluding carboxylic acids is 2. The van der Waals surface area contributed by atoms with Gasteiger partial charge in [0.05, 0.1) is 11.5 Å². The molecule has 2 aliphatic heterocycles. The maximum absolute atomic E-state index is 12.8. The van der Waals surface area contributed by atoms with Gasteiger partial charge >= 0.3 is 35.5 Å². The van der Waals surface area contributed by atoms with Gasteiger partial charge in [0.25, 0.3) is 0 Å². The quantitative estimate of drug-likeness (QED) is 0.200. The molecule has 0 amide bonds. The molecule has 0 aliphatic carbocycles. The molecule has 37 heavy (non-hydrogen) atoms. The summed E-state index contributed by atoms with van der Waals surface area (Å²) >= 11 is 0. The SMILES string of the molecule is O=C1OC(c2ccc(O)cc2)(c2ccc(OC3OC(C(=O)[O-])C(O)C(O)C3O)cc2)c2ccccc21.[Na+]. The first-order chi connectivity index (χ1) is 17.2. The summed E-state index contributed by atoms with van der Waals surface area (Å²) in [4.78, 5) is 24.0. The van der Waals surface area contributed by atoms with Crippen molar-refractivity contribution in [3.05, 3.63) is 95.1 Å². The molecule has 3 aromatic rings. The summed E-state index contributed by atoms with van der Waals surface area (Å²) < 4.78 is 16.6. The fourth-order valence-corrected chi connectivity index (χ4v) is 4.55. The summed E-state index contributed by atoms with van der Waals surface area (Å²) in [6.45, 7) is 0. The van der Waals surface area contributed by atoms with Gasteiger partial charge in [0.2, 0.25) is 6.29 Å². The number of carbonyl (C=O) groups is 2. The molecule has 0 radical (unpaired) electrons. The van der Waals surface area contributed by atoms with E-state index in [1.54, 1.807) is 48.5 Å². The van der Waals surface area contributed by atoms with E-state index in [0.29, 0.717) is 22.3 Å². The minimum absolute atomic E-state index is 0. The van der Waals surface area contributed by atoms with Crippen LogP contribution in [0.5, 0.6) is 11.5 Å². The molecule has 0 saturated carbocycles. The number of aliphatic hydroxyl groups is 3. The summed E-state index contributed by atoms with van der Waals surface area (Å²) in [6.07, 6.45) is -8.97. The fraction of sp³-hybridized carbons (Fsp3) is 0.231. The van der Waals surface area contributed by atoms with E-state index >= 15 is 0 Å². The smallest absolute Gasteiger partial charge is 0.547 e. The predicted octanol–water partition coefficient (Wildman–Crippen LogP) is -3.21. The third-order valence-corrected chi connectivity index (χ3v) is 6.36. The molecule has 0 aromatic heterocycles. The number of hydrogen-bond donors (Lipinski definition) is 4. The van der Waals surface area contributed by atoms with Gasteiger partial charge in [-0.05, 0) is 30.3 Å². The van der Waals surface area contributed by atoms with Gasteiger partial charge in [-0.15, -0.1) is 0 Å². The fourth-order valence-electron chi connectivity index (χ4n) is 4.55. The number of rotatable bonds is 5. The average molecular weight is 516 g/mol. The first kappa shape index (κ1) is 27.1. The van der Waals surface area contributed by atoms with Crippen molar-refractivity contribution in [2.24, 2.45) is 0 Å². The van der Waals surface area contributed by atoms with Crippen LogP contribution >= 0.6 is 0 Å². The molecule has 0 spiro atoms. The van der Waals surface area contributed by atoms with Crippen molar-refractivity contribution in [1.29, 1.82) is 0 Å². The number of aromatic hydroxyl groups is 1. The molecule has 1 fully saturated rings. The van der Waals surface area contributed by atoms with Crippen molar-refractivity contribution in [2.45, 2.75) is 36.3 Å². The van der Waals surface area contributed by atoms with Crippen LogP contribution in [0.1, 0.15) is 27.0 Å². The van der Waals surface area contributed by atoms with Crippen LogP contribution in [-0.2, 0) is 19.9 Å². The maximum Gasteiger partial charge on any atom is 1.00 e. The van der Waals surface area contributed by atoms with Gasteiger partial charge in [-0.2, -0.15) is 0 Å². The number of phenolic OH excluding ortho intramolecular Hbond substituents is 1. The van der Waals surface area contributed by atoms with Gasteiger partial charge in [0.15, 0.2) is 5.60 Å². The molecule has 6 unspecified atom stereocenters. The maximum atomic E-state index is 12.8. The van der Waals surface area contributed by atoms with Gasteiger partial charge in [-0.25, -0.2) is 4.79 Å². The van der Waals surface area contributed by atoms with Crippen LogP contribution in [0.15, 0.2) is 72.8 Å². The van der Waals surface area contributed by atoms with Crippen molar-refractivity contribution < 1.29 is 78.9 Å². The number of phenols is 1. The second-order valence-electron chi connectivity index (χ2n) is 8.52. The standard InChI is InChI=1S/C26H22O10.Na/c27-15-9-5-13(6-10-15)26(18-4-2-1-3-17(18)24(33)36-26)14-7-11-16(12-8-14)34-25-21(30)19(28)20(29)22(35-25)23(31)32;/h1-12,19-22,25,27-30H,(H,31,32);/q;+1/p-1. The molecule has 4 N–H and O–H groups in total. The minimum Gasteiger partial charge on any atom is -0.547 e. The van der Waals surface area contributed by atoms with E-state index in [-0.39, 0.29) is 41.1 Å². The average Bonchev–Trinajstić information content (AvgIpc) is 3.18. The second kappa shape index (κ2) is 10.4. The van der Waals surface area contributed by atoms with Crippen LogP contribution < -0.4 is 39.4 Å². The Morgan fingerprint density at radius 2 is 1.46 bits per heavy atom. The number of carboxylic acid groups (broad SMARTS) is 1. The molecule has 10 nitrogen and oxygen atoms in total. The second-order valence-corrected chi connectivity index (χ2v) is 8.52. The minimum atomic E-state index is -1.90. The predicted molar refractivity (Wildman–Crippen MR) is 119 cm³/mol. The Kier molecular flexibility index (Phi) is 7.63. The molecular formula is C26H21NaO10. The van der Waals surface area contributed by atoms with E-state index in [0.717, 1.165) is 0 Å². The van der Waals surface area contributed by atoms with Crippen molar-refractivity contribution in [3.63, 3.8) is 0 Å². The Bertz CT molecular complexity index is 1300. The zero-order valence-electron chi connectivity index (χ0n) is 19.6. The van der Waals surface area contributed by atoms with Crippen LogP contribution in [-0.4, -0.2) is 63.1 Å². The topological polar surface area (TPSA) is 166 Å². The summed E-state index contributed by atoms with van der Waals surface area (Å²) in [5.74, 6) is -2.10. The van der Waals surface area contributed by atoms with Crippen LogP contribution in [0.2, 0.25) is 0 Å². The van der Waals surface area contributed by atoms with Gasteiger partial charge in [-0.1, -0.05) is 42.5 Å². The number of hydrogen-bond acceptors (Lipinski definition) is 10. The third kappa shape index (κ3) is 4.62. The number of cyclic esters (lactones) is 1. The Hall–Kier alpha value is -2.96. The van der Waals surface area contributed by atoms with Gasteiger partial charge in [0, 0.05) is 16.7 Å². The molecule has 2 heterocycles. The number of esters is 1. The number of fused-ring (bicyclic) bond motifs is 1. The monoisotopic (exact) mass is 516 g/mol. The number of aliphatic carboxylic acids is 1. The molecule has 11 heteroatoms. The number of benzene rings is 3. The van der Waals surface area contributed by atoms with Gasteiger partial charge in [0.1, 0.15) is 35.9 Å². The number of aliphatic hydroxyl groups excluding tert-OH is 3. The van der Waals surface area contributed by atoms with Crippen molar-refractivity contribution in [1.82, 2.24) is 0 Å². The van der Waals surface area contributed by atoms with Crippen LogP contribution in [0.4, 0.5) is 0 Å². The Morgan fingerprint density at radius 3 is 2.08 bits per heavy atom. The van der Waals surface area contributed by atoms with Crippen molar-refractivity contribution >= 4 is 11.9 Å². The molecule has 0 bridgehead atoms. The van der Waals surface area contributed by atoms with E-state index < -0.39 is 48.2 Å². The Morgan fingerprint density at radius 1 is 0.865 bits per heavy atom. The summed E-state index contributed by atoms with van der Waals surface area (Å²) in [5, 5.41) is 51.0. The van der Waals surface area contributed by atoms with Crippen LogP contribution in [0.25, 0.3) is 0 Å². The largest absolute Gasteiger partial charge is 1.00 e. The summed E-state index contributed by atoms with van der Waals surface area (Å²) in [5.41, 5.74) is 0.820. The molecule has 5 rings (SSSR count). The van der Waals surface area contributed by atoms with Crippen molar-refractivity contribution in [3.8, 4) is 11.5 Å². The molecule has 2 aliphatic rings. The van der Waals surface area contributed by atoms with E-state index in [9.17, 15) is 35.1 Å². The summed E-state index contributed by atoms with van der Waals surface area (Å²) in [6, 6.07) is 19.4. The van der Waals surface area contributed by atoms with Gasteiger partial charge in [-0.3, -0.25) is 0 Å². The van der Waals surface area contributed by atoms with Crippen molar-refractivity contribution in [2.75, 3.05) is 0 Å². The number of carboxylic acids is 1. The first-order valence-corrected chi connectivity index (χ1v) is 11.0. The van der Waals surface area contributed by atoms with Crippen LogP contribution in [0, 0.1) is 0 Å². The first-order valence-electron chi connectivity index (χ1n) is 11.0. The Labute approximate surface area is 233 Å². The van der Waals surface area contributed by atoms with E-state index in [4.69, 9.17) is 14.2 Å². The molecular weight excluding hydrogens is 495 g/mol. The van der Waals surface area contributed by atoms with Gasteiger partial charge < -0.3 is 44.5 Å².